The first-order valence-corrected chi connectivity index (χ1v) is 9.66. The van der Waals surface area contributed by atoms with Gasteiger partial charge in [0.15, 0.2) is 17.6 Å². The maximum absolute atomic E-state index is 14.0. The van der Waals surface area contributed by atoms with E-state index in [0.717, 1.165) is 12.2 Å². The molecule has 0 aliphatic carbocycles. The number of hydrogen-bond donors (Lipinski definition) is 2. The summed E-state index contributed by atoms with van der Waals surface area (Å²) in [5.41, 5.74) is 0. The summed E-state index contributed by atoms with van der Waals surface area (Å²) < 4.78 is 19.3. The molecule has 1 aliphatic rings. The van der Waals surface area contributed by atoms with Crippen molar-refractivity contribution in [2.75, 3.05) is 45.2 Å². The molecule has 1 saturated heterocycles. The molecule has 2 aromatic rings. The second-order valence-electron chi connectivity index (χ2n) is 7.09. The summed E-state index contributed by atoms with van der Waals surface area (Å²) >= 11 is 0. The van der Waals surface area contributed by atoms with Gasteiger partial charge in [-0.05, 0) is 30.7 Å². The van der Waals surface area contributed by atoms with Crippen LogP contribution in [0.3, 0.4) is 0 Å². The standard InChI is InChI=1S/C20H27FN6O2/c1-26(2)18(28)13-24-20(23-10-7-16-5-4-12-29-16)25-15-8-11-27(14-15)19-17(21)6-3-9-22-19/h3-6,9,12,15H,7-8,10-11,13-14H2,1-2H3,(H2,23,24,25). The Balaban J connectivity index is 1.58. The van der Waals surface area contributed by atoms with Crippen molar-refractivity contribution in [2.24, 2.45) is 4.99 Å². The number of nitrogens with zero attached hydrogens (tertiary/aromatic N) is 4. The average molecular weight is 402 g/mol. The maximum atomic E-state index is 14.0. The average Bonchev–Trinajstić information content (AvgIpc) is 3.38. The summed E-state index contributed by atoms with van der Waals surface area (Å²) in [5.74, 6) is 1.39. The molecule has 1 unspecified atom stereocenters. The van der Waals surface area contributed by atoms with Crippen LogP contribution in [0.4, 0.5) is 10.2 Å². The Kier molecular flexibility index (Phi) is 7.04. The number of aromatic nitrogens is 1. The first kappa shape index (κ1) is 20.6. The van der Waals surface area contributed by atoms with Gasteiger partial charge in [0.2, 0.25) is 5.91 Å². The zero-order chi connectivity index (χ0) is 20.6. The van der Waals surface area contributed by atoms with Crippen LogP contribution >= 0.6 is 0 Å². The van der Waals surface area contributed by atoms with Gasteiger partial charge in [-0.1, -0.05) is 0 Å². The first-order chi connectivity index (χ1) is 14.0. The van der Waals surface area contributed by atoms with Crippen molar-refractivity contribution >= 4 is 17.7 Å². The summed E-state index contributed by atoms with van der Waals surface area (Å²) in [7, 11) is 3.40. The molecule has 0 spiro atoms. The fraction of sp³-hybridized carbons (Fsp3) is 0.450. The van der Waals surface area contributed by atoms with Gasteiger partial charge in [0.1, 0.15) is 12.3 Å². The Morgan fingerprint density at radius 1 is 1.41 bits per heavy atom. The molecule has 29 heavy (non-hydrogen) atoms. The Labute approximate surface area is 169 Å². The fourth-order valence-electron chi connectivity index (χ4n) is 3.07. The van der Waals surface area contributed by atoms with Crippen LogP contribution in [-0.4, -0.2) is 68.1 Å². The third kappa shape index (κ3) is 5.94. The Hall–Kier alpha value is -3.10. The van der Waals surface area contributed by atoms with Crippen molar-refractivity contribution in [1.82, 2.24) is 20.5 Å². The van der Waals surface area contributed by atoms with Crippen LogP contribution in [0.25, 0.3) is 0 Å². The van der Waals surface area contributed by atoms with Crippen LogP contribution < -0.4 is 15.5 Å². The molecule has 156 valence electrons. The Morgan fingerprint density at radius 3 is 3.00 bits per heavy atom. The van der Waals surface area contributed by atoms with Crippen molar-refractivity contribution in [3.8, 4) is 0 Å². The van der Waals surface area contributed by atoms with E-state index in [2.05, 4.69) is 20.6 Å². The van der Waals surface area contributed by atoms with Crippen LogP contribution in [0.15, 0.2) is 46.1 Å². The van der Waals surface area contributed by atoms with E-state index in [4.69, 9.17) is 4.42 Å². The SMILES string of the molecule is CN(C)C(=O)CN=C(NCCc1ccco1)NC1CCN(c2ncccc2F)C1. The molecule has 1 aliphatic heterocycles. The number of furan rings is 1. The monoisotopic (exact) mass is 402 g/mol. The van der Waals surface area contributed by atoms with Crippen LogP contribution in [0.2, 0.25) is 0 Å². The topological polar surface area (TPSA) is 86.0 Å². The molecule has 8 nitrogen and oxygen atoms in total. The van der Waals surface area contributed by atoms with Gasteiger partial charge < -0.3 is 24.9 Å². The Morgan fingerprint density at radius 2 is 2.28 bits per heavy atom. The third-order valence-electron chi connectivity index (χ3n) is 4.68. The number of aliphatic imine (C=N–C) groups is 1. The minimum atomic E-state index is -0.324. The van der Waals surface area contributed by atoms with Crippen LogP contribution in [0.1, 0.15) is 12.2 Å². The van der Waals surface area contributed by atoms with E-state index in [-0.39, 0.29) is 24.3 Å². The van der Waals surface area contributed by atoms with E-state index in [1.54, 1.807) is 32.6 Å². The molecular weight excluding hydrogens is 375 g/mol. The lowest BCUT2D eigenvalue weighted by atomic mass is 10.3. The lowest BCUT2D eigenvalue weighted by Gasteiger charge is -2.20. The number of carbonyl (C=O) groups is 1. The predicted octanol–water partition coefficient (Wildman–Crippen LogP) is 1.26. The van der Waals surface area contributed by atoms with E-state index >= 15 is 0 Å². The number of anilines is 1. The lowest BCUT2D eigenvalue weighted by Crippen LogP contribution is -2.45. The van der Waals surface area contributed by atoms with Crippen molar-refractivity contribution in [2.45, 2.75) is 18.9 Å². The number of pyridine rings is 1. The summed E-state index contributed by atoms with van der Waals surface area (Å²) in [6.45, 7) is 1.96. The molecule has 9 heteroatoms. The summed E-state index contributed by atoms with van der Waals surface area (Å²) in [6, 6.07) is 6.83. The van der Waals surface area contributed by atoms with Crippen LogP contribution in [0.5, 0.6) is 0 Å². The summed E-state index contributed by atoms with van der Waals surface area (Å²) in [6.07, 6.45) is 4.75. The number of hydrogen-bond acceptors (Lipinski definition) is 5. The largest absolute Gasteiger partial charge is 0.469 e. The zero-order valence-corrected chi connectivity index (χ0v) is 16.8. The van der Waals surface area contributed by atoms with Crippen molar-refractivity contribution in [1.29, 1.82) is 0 Å². The quantitative estimate of drug-likeness (QED) is 0.536. The first-order valence-electron chi connectivity index (χ1n) is 9.66. The van der Waals surface area contributed by atoms with Gasteiger partial charge in [-0.25, -0.2) is 14.4 Å². The molecule has 2 aromatic heterocycles. The molecule has 2 N–H and O–H groups in total. The predicted molar refractivity (Wildman–Crippen MR) is 109 cm³/mol. The second-order valence-corrected chi connectivity index (χ2v) is 7.09. The molecule has 3 rings (SSSR count). The van der Waals surface area contributed by atoms with Crippen molar-refractivity contribution in [3.05, 3.63) is 48.3 Å². The molecular formula is C20H27FN6O2. The number of guanidine groups is 1. The number of carbonyl (C=O) groups excluding carboxylic acids is 1. The molecule has 0 radical (unpaired) electrons. The van der Waals surface area contributed by atoms with Crippen molar-refractivity contribution < 1.29 is 13.6 Å². The highest BCUT2D eigenvalue weighted by molar-refractivity contribution is 5.85. The van der Waals surface area contributed by atoms with E-state index in [1.807, 2.05) is 17.0 Å². The number of amides is 1. The summed E-state index contributed by atoms with van der Waals surface area (Å²) in [5, 5.41) is 6.60. The summed E-state index contributed by atoms with van der Waals surface area (Å²) in [4.78, 5) is 23.9. The van der Waals surface area contributed by atoms with Crippen LogP contribution in [0, 0.1) is 5.82 Å². The number of nitrogens with one attached hydrogen (secondary N) is 2. The second kappa shape index (κ2) is 9.90. The smallest absolute Gasteiger partial charge is 0.243 e. The van der Waals surface area contributed by atoms with E-state index in [9.17, 15) is 9.18 Å². The van der Waals surface area contributed by atoms with Gasteiger partial charge in [-0.15, -0.1) is 0 Å². The number of rotatable bonds is 7. The van der Waals surface area contributed by atoms with E-state index in [0.29, 0.717) is 37.8 Å². The minimum Gasteiger partial charge on any atom is -0.469 e. The van der Waals surface area contributed by atoms with Gasteiger partial charge in [-0.3, -0.25) is 4.79 Å². The Bertz CT molecular complexity index is 824. The minimum absolute atomic E-state index is 0.0500. The molecule has 0 saturated carbocycles. The van der Waals surface area contributed by atoms with Gasteiger partial charge in [0.05, 0.1) is 6.26 Å². The maximum Gasteiger partial charge on any atom is 0.243 e. The van der Waals surface area contributed by atoms with Gasteiger partial charge in [0.25, 0.3) is 0 Å². The lowest BCUT2D eigenvalue weighted by molar-refractivity contribution is -0.127. The normalized spacial score (nSPS) is 16.7. The number of halogens is 1. The van der Waals surface area contributed by atoms with Gasteiger partial charge >= 0.3 is 0 Å². The molecule has 1 amide bonds. The fourth-order valence-corrected chi connectivity index (χ4v) is 3.07. The van der Waals surface area contributed by atoms with E-state index in [1.165, 1.54) is 11.0 Å². The van der Waals surface area contributed by atoms with E-state index < -0.39 is 0 Å². The number of likely N-dealkylation sites (N-methyl/N-ethyl adjacent to an activating group) is 1. The highest BCUT2D eigenvalue weighted by Crippen LogP contribution is 2.20. The van der Waals surface area contributed by atoms with Crippen LogP contribution in [-0.2, 0) is 11.2 Å². The zero-order valence-electron chi connectivity index (χ0n) is 16.8. The molecule has 1 atom stereocenters. The highest BCUT2D eigenvalue weighted by atomic mass is 19.1. The van der Waals surface area contributed by atoms with Gasteiger partial charge in [-0.2, -0.15) is 0 Å². The molecule has 3 heterocycles. The van der Waals surface area contributed by atoms with Crippen molar-refractivity contribution in [3.63, 3.8) is 0 Å². The molecule has 1 fully saturated rings. The van der Waals surface area contributed by atoms with Gasteiger partial charge in [0, 0.05) is 52.4 Å². The highest BCUT2D eigenvalue weighted by Gasteiger charge is 2.26. The molecule has 0 aromatic carbocycles. The molecule has 0 bridgehead atoms. The third-order valence-corrected chi connectivity index (χ3v) is 4.68.